The van der Waals surface area contributed by atoms with Crippen LogP contribution in [-0.2, 0) is 0 Å². The first-order valence-electron chi connectivity index (χ1n) is 10.7. The molecule has 4 heteroatoms. The van der Waals surface area contributed by atoms with Crippen molar-refractivity contribution in [1.29, 1.82) is 0 Å². The Morgan fingerprint density at radius 3 is 1.79 bits per heavy atom. The molecule has 0 saturated heterocycles. The van der Waals surface area contributed by atoms with Crippen molar-refractivity contribution in [2.75, 3.05) is 4.90 Å². The van der Waals surface area contributed by atoms with Gasteiger partial charge in [0.25, 0.3) is 0 Å². The minimum atomic E-state index is 0.946. The molecule has 0 radical (unpaired) electrons. The Hall–Kier alpha value is -3.08. The quantitative estimate of drug-likeness (QED) is 0.215. The average Bonchev–Trinajstić information content (AvgIpc) is 3.45. The van der Waals surface area contributed by atoms with Gasteiger partial charge in [-0.15, -0.1) is 0 Å². The van der Waals surface area contributed by atoms with Gasteiger partial charge in [0.15, 0.2) is 0 Å². The monoisotopic (exact) mass is 555 g/mol. The Labute approximate surface area is 209 Å². The normalized spacial score (nSPS) is 11.5. The Balaban J connectivity index is 1.51. The molecule has 0 aliphatic rings. The summed E-state index contributed by atoms with van der Waals surface area (Å²) in [4.78, 5) is 2.29. The summed E-state index contributed by atoms with van der Waals surface area (Å²) >= 11 is 7.13. The lowest BCUT2D eigenvalue weighted by molar-refractivity contribution is 0.679. The molecule has 0 amide bonds. The number of nitrogens with zero attached hydrogens (tertiary/aromatic N) is 1. The lowest BCUT2D eigenvalue weighted by Gasteiger charge is -2.26. The van der Waals surface area contributed by atoms with E-state index in [9.17, 15) is 0 Å². The minimum absolute atomic E-state index is 0.946. The van der Waals surface area contributed by atoms with Gasteiger partial charge in [-0.1, -0.05) is 44.0 Å². The zero-order chi connectivity index (χ0) is 22.5. The van der Waals surface area contributed by atoms with Crippen molar-refractivity contribution in [3.63, 3.8) is 0 Å². The fourth-order valence-electron chi connectivity index (χ4n) is 4.45. The molecule has 0 aliphatic heterocycles. The van der Waals surface area contributed by atoms with Crippen LogP contribution in [0.4, 0.5) is 17.1 Å². The summed E-state index contributed by atoms with van der Waals surface area (Å²) in [6.07, 6.45) is 0. The van der Waals surface area contributed by atoms with E-state index in [1.54, 1.807) is 0 Å². The van der Waals surface area contributed by atoms with Crippen molar-refractivity contribution in [3.05, 3.63) is 112 Å². The zero-order valence-corrected chi connectivity index (χ0v) is 21.0. The summed E-state index contributed by atoms with van der Waals surface area (Å²) in [7, 11) is 0. The highest BCUT2D eigenvalue weighted by Gasteiger charge is 2.16. The first-order valence-corrected chi connectivity index (χ1v) is 12.3. The van der Waals surface area contributed by atoms with E-state index in [0.29, 0.717) is 0 Å². The number of hydrogen-bond donors (Lipinski definition) is 0. The molecule has 0 fully saturated rings. The maximum Gasteiger partial charge on any atom is 0.135 e. The zero-order valence-electron chi connectivity index (χ0n) is 17.8. The molecule has 4 aromatic carbocycles. The predicted octanol–water partition coefficient (Wildman–Crippen LogP) is 9.99. The molecule has 2 bridgehead atoms. The molecular weight excluding hydrogens is 538 g/mol. The van der Waals surface area contributed by atoms with Gasteiger partial charge in [0.1, 0.15) is 11.2 Å². The van der Waals surface area contributed by atoms with Crippen LogP contribution < -0.4 is 4.90 Å². The number of rotatable bonds is 4. The van der Waals surface area contributed by atoms with Crippen LogP contribution in [0, 0.1) is 6.92 Å². The van der Waals surface area contributed by atoms with Crippen LogP contribution in [0.3, 0.4) is 0 Å². The number of anilines is 3. The summed E-state index contributed by atoms with van der Waals surface area (Å²) < 4.78 is 7.99. The molecule has 0 aliphatic carbocycles. The summed E-state index contributed by atoms with van der Waals surface area (Å²) in [6.45, 7) is 2.17. The topological polar surface area (TPSA) is 16.4 Å². The molecule has 2 heterocycles. The van der Waals surface area contributed by atoms with Gasteiger partial charge >= 0.3 is 0 Å². The number of hydrogen-bond acceptors (Lipinski definition) is 2. The van der Waals surface area contributed by atoms with Gasteiger partial charge in [0.05, 0.1) is 0 Å². The molecule has 2 nitrogen and oxygen atoms in total. The van der Waals surface area contributed by atoms with Crippen LogP contribution in [0.25, 0.3) is 33.1 Å². The Bertz CT molecular complexity index is 1540. The van der Waals surface area contributed by atoms with Gasteiger partial charge in [-0.05, 0) is 109 Å². The number of halogens is 2. The largest absolute Gasteiger partial charge is 0.456 e. The van der Waals surface area contributed by atoms with Crippen molar-refractivity contribution in [2.45, 2.75) is 6.92 Å². The molecule has 0 unspecified atom stereocenters. The Morgan fingerprint density at radius 1 is 0.576 bits per heavy atom. The van der Waals surface area contributed by atoms with E-state index in [1.165, 1.54) is 27.5 Å². The van der Waals surface area contributed by atoms with E-state index in [1.807, 2.05) is 12.1 Å². The molecule has 0 saturated carbocycles. The van der Waals surface area contributed by atoms with Crippen molar-refractivity contribution >= 4 is 70.9 Å². The summed E-state index contributed by atoms with van der Waals surface area (Å²) in [5, 5.41) is 2.35. The molecule has 0 N–H and O–H groups in total. The van der Waals surface area contributed by atoms with E-state index in [2.05, 4.69) is 129 Å². The lowest BCUT2D eigenvalue weighted by Crippen LogP contribution is -2.10. The van der Waals surface area contributed by atoms with Gasteiger partial charge in [-0.25, -0.2) is 0 Å². The van der Waals surface area contributed by atoms with Crippen LogP contribution in [0.15, 0.2) is 110 Å². The second-order valence-corrected chi connectivity index (χ2v) is 10.0. The van der Waals surface area contributed by atoms with Gasteiger partial charge in [0.2, 0.25) is 0 Å². The fraction of sp³-hybridized carbons (Fsp3) is 0.0345. The van der Waals surface area contributed by atoms with Crippen molar-refractivity contribution < 1.29 is 4.42 Å². The summed E-state index contributed by atoms with van der Waals surface area (Å²) in [5.74, 6) is 0. The molecule has 0 atom stereocenters. The molecule has 160 valence electrons. The highest BCUT2D eigenvalue weighted by molar-refractivity contribution is 9.10. The lowest BCUT2D eigenvalue weighted by atomic mass is 9.97. The van der Waals surface area contributed by atoms with Gasteiger partial charge in [-0.2, -0.15) is 0 Å². The van der Waals surface area contributed by atoms with E-state index < -0.39 is 0 Å². The van der Waals surface area contributed by atoms with Crippen LogP contribution in [0.2, 0.25) is 0 Å². The van der Waals surface area contributed by atoms with Gasteiger partial charge < -0.3 is 9.32 Å². The third kappa shape index (κ3) is 3.64. The van der Waals surface area contributed by atoms with E-state index >= 15 is 0 Å². The molecule has 6 rings (SSSR count). The Morgan fingerprint density at radius 2 is 1.15 bits per heavy atom. The maximum atomic E-state index is 5.87. The van der Waals surface area contributed by atoms with Crippen molar-refractivity contribution in [1.82, 2.24) is 0 Å². The predicted molar refractivity (Wildman–Crippen MR) is 145 cm³/mol. The molecular formula is C29H19Br2NO. The third-order valence-corrected chi connectivity index (χ3v) is 7.17. The van der Waals surface area contributed by atoms with Crippen LogP contribution in [0.5, 0.6) is 0 Å². The highest BCUT2D eigenvalue weighted by atomic mass is 79.9. The number of fused-ring (bicyclic) bond motifs is 5. The second-order valence-electron chi connectivity index (χ2n) is 8.21. The highest BCUT2D eigenvalue weighted by Crippen LogP contribution is 2.40. The van der Waals surface area contributed by atoms with Crippen LogP contribution in [-0.4, -0.2) is 0 Å². The smallest absolute Gasteiger partial charge is 0.135 e. The van der Waals surface area contributed by atoms with E-state index in [0.717, 1.165) is 37.2 Å². The van der Waals surface area contributed by atoms with E-state index in [4.69, 9.17) is 4.42 Å². The first kappa shape index (κ1) is 20.5. The minimum Gasteiger partial charge on any atom is -0.456 e. The summed E-state index contributed by atoms with van der Waals surface area (Å²) in [5.41, 5.74) is 8.86. The SMILES string of the molecule is Cc1ccc(N(c2ccc(Br)cc2)c2ccc(Br)cc2)cc1-c1ccc2c3ccc(o3)c2c1. The summed E-state index contributed by atoms with van der Waals surface area (Å²) in [6, 6.07) is 34.2. The third-order valence-electron chi connectivity index (χ3n) is 6.12. The van der Waals surface area contributed by atoms with Gasteiger partial charge in [-0.3, -0.25) is 0 Å². The molecule has 0 spiro atoms. The van der Waals surface area contributed by atoms with Crippen molar-refractivity contribution in [3.8, 4) is 11.1 Å². The van der Waals surface area contributed by atoms with Crippen LogP contribution in [0.1, 0.15) is 5.56 Å². The van der Waals surface area contributed by atoms with Crippen LogP contribution >= 0.6 is 31.9 Å². The second kappa shape index (κ2) is 8.05. The van der Waals surface area contributed by atoms with Crippen molar-refractivity contribution in [2.24, 2.45) is 0 Å². The van der Waals surface area contributed by atoms with Gasteiger partial charge in [0, 0.05) is 36.8 Å². The number of benzene rings is 5. The molecule has 2 aromatic heterocycles. The molecule has 6 aromatic rings. The van der Waals surface area contributed by atoms with E-state index in [-0.39, 0.29) is 0 Å². The standard InChI is InChI=1S/C29H19Br2NO/c1-18-2-8-24(17-26(18)19-3-13-25-27(16-19)29-15-14-28(25)33-29)32(22-9-4-20(30)5-10-22)23-11-6-21(31)7-12-23/h2-17H,1H3. The fourth-order valence-corrected chi connectivity index (χ4v) is 4.97. The first-order chi connectivity index (χ1) is 16.1. The maximum absolute atomic E-state index is 5.87. The molecule has 33 heavy (non-hydrogen) atoms. The number of furan rings is 2. The Kier molecular flexibility index (Phi) is 5.01. The average molecular weight is 557 g/mol. The number of aryl methyl sites for hydroxylation is 1.